The molecule has 1 saturated heterocycles. The summed E-state index contributed by atoms with van der Waals surface area (Å²) >= 11 is 0. The number of carbonyl (C=O) groups excluding carboxylic acids is 1. The first-order chi connectivity index (χ1) is 13.7. The van der Waals surface area contributed by atoms with Crippen LogP contribution in [0.25, 0.3) is 0 Å². The third-order valence-electron chi connectivity index (χ3n) is 6.41. The molecule has 3 aliphatic rings. The molecular weight excluding hydrogens is 352 g/mol. The van der Waals surface area contributed by atoms with Crippen molar-refractivity contribution >= 4 is 5.91 Å². The molecule has 1 atom stereocenters. The number of nitrogens with one attached hydrogen (secondary N) is 1. The molecule has 0 radical (unpaired) electrons. The van der Waals surface area contributed by atoms with E-state index in [0.29, 0.717) is 13.0 Å². The van der Waals surface area contributed by atoms with E-state index in [9.17, 15) is 4.79 Å². The van der Waals surface area contributed by atoms with Crippen LogP contribution in [0.1, 0.15) is 62.4 Å². The number of hydrogen-bond acceptors (Lipinski definition) is 4. The van der Waals surface area contributed by atoms with E-state index in [1.165, 1.54) is 50.0 Å². The molecule has 1 aliphatic carbocycles. The van der Waals surface area contributed by atoms with Gasteiger partial charge in [-0.2, -0.15) is 5.10 Å². The zero-order valence-corrected chi connectivity index (χ0v) is 17.4. The van der Waals surface area contributed by atoms with Gasteiger partial charge in [0.25, 0.3) is 0 Å². The molecule has 1 N–H and O–H groups in total. The topological polar surface area (TPSA) is 59.4 Å². The number of fused-ring (bicyclic) bond motifs is 1. The van der Waals surface area contributed by atoms with E-state index in [-0.39, 0.29) is 5.91 Å². The van der Waals surface area contributed by atoms with Gasteiger partial charge in [-0.1, -0.05) is 6.92 Å². The lowest BCUT2D eigenvalue weighted by Gasteiger charge is -2.30. The smallest absolute Gasteiger partial charge is 0.220 e. The normalized spacial score (nSPS) is 22.8. The van der Waals surface area contributed by atoms with Gasteiger partial charge in [0.1, 0.15) is 0 Å². The molecule has 1 unspecified atom stereocenters. The summed E-state index contributed by atoms with van der Waals surface area (Å²) in [7, 11) is 0. The number of nitrogens with zero attached hydrogens (tertiary/aromatic N) is 3. The van der Waals surface area contributed by atoms with Crippen molar-refractivity contribution in [2.24, 2.45) is 11.8 Å². The van der Waals surface area contributed by atoms with Crippen LogP contribution in [0.3, 0.4) is 0 Å². The monoisotopic (exact) mass is 388 g/mol. The summed E-state index contributed by atoms with van der Waals surface area (Å²) in [5.41, 5.74) is 3.68. The van der Waals surface area contributed by atoms with Crippen LogP contribution in [0.5, 0.6) is 0 Å². The molecule has 0 spiro atoms. The Bertz CT molecular complexity index is 668. The van der Waals surface area contributed by atoms with Crippen molar-refractivity contribution in [3.63, 3.8) is 0 Å². The highest BCUT2D eigenvalue weighted by atomic mass is 16.5. The number of aromatic nitrogens is 2. The van der Waals surface area contributed by atoms with E-state index in [4.69, 9.17) is 9.84 Å². The maximum absolute atomic E-state index is 12.3. The van der Waals surface area contributed by atoms with Gasteiger partial charge in [0.15, 0.2) is 0 Å². The SMILES string of the molecule is CC1CCCN(CCCNC(=O)CCc2nn(CC3CC3)c3c2COCC3)C1. The standard InChI is InChI=1S/C22H36N4O2/c1-17-4-2-11-25(14-17)12-3-10-23-22(27)8-7-20-19-16-28-13-9-21(19)26(24-20)15-18-5-6-18/h17-18H,2-16H2,1H3,(H,23,27). The van der Waals surface area contributed by atoms with Crippen LogP contribution in [0.4, 0.5) is 0 Å². The van der Waals surface area contributed by atoms with E-state index < -0.39 is 0 Å². The fourth-order valence-corrected chi connectivity index (χ4v) is 4.62. The summed E-state index contributed by atoms with van der Waals surface area (Å²) in [5.74, 6) is 1.78. The second-order valence-electron chi connectivity index (χ2n) is 9.05. The summed E-state index contributed by atoms with van der Waals surface area (Å²) in [6.45, 7) is 9.14. The minimum Gasteiger partial charge on any atom is -0.376 e. The Morgan fingerprint density at radius 3 is 3.04 bits per heavy atom. The third-order valence-corrected chi connectivity index (χ3v) is 6.41. The Morgan fingerprint density at radius 2 is 2.21 bits per heavy atom. The van der Waals surface area contributed by atoms with Gasteiger partial charge in [0, 0.05) is 50.2 Å². The molecule has 3 heterocycles. The fourth-order valence-electron chi connectivity index (χ4n) is 4.62. The number of rotatable bonds is 9. The average Bonchev–Trinajstić information content (AvgIpc) is 3.45. The number of aryl methyl sites for hydroxylation is 1. The molecule has 6 heteroatoms. The van der Waals surface area contributed by atoms with Crippen LogP contribution < -0.4 is 5.32 Å². The fraction of sp³-hybridized carbons (Fsp3) is 0.818. The van der Waals surface area contributed by atoms with Gasteiger partial charge in [-0.15, -0.1) is 0 Å². The zero-order valence-electron chi connectivity index (χ0n) is 17.4. The van der Waals surface area contributed by atoms with E-state index in [2.05, 4.69) is 21.8 Å². The second kappa shape index (κ2) is 9.40. The highest BCUT2D eigenvalue weighted by molar-refractivity contribution is 5.76. The van der Waals surface area contributed by atoms with Gasteiger partial charge in [0.2, 0.25) is 5.91 Å². The number of amides is 1. The van der Waals surface area contributed by atoms with Gasteiger partial charge in [-0.3, -0.25) is 9.48 Å². The summed E-state index contributed by atoms with van der Waals surface area (Å²) in [6.07, 6.45) is 8.58. The summed E-state index contributed by atoms with van der Waals surface area (Å²) in [6, 6.07) is 0. The summed E-state index contributed by atoms with van der Waals surface area (Å²) in [4.78, 5) is 14.8. The first-order valence-corrected chi connectivity index (χ1v) is 11.3. The van der Waals surface area contributed by atoms with Gasteiger partial charge in [-0.25, -0.2) is 0 Å². The molecule has 156 valence electrons. The van der Waals surface area contributed by atoms with Crippen LogP contribution in [-0.4, -0.2) is 53.4 Å². The predicted octanol–water partition coefficient (Wildman–Crippen LogP) is 2.54. The van der Waals surface area contributed by atoms with Crippen molar-refractivity contribution in [1.29, 1.82) is 0 Å². The van der Waals surface area contributed by atoms with Crippen molar-refractivity contribution in [2.75, 3.05) is 32.8 Å². The van der Waals surface area contributed by atoms with Crippen molar-refractivity contribution in [2.45, 2.75) is 71.4 Å². The lowest BCUT2D eigenvalue weighted by molar-refractivity contribution is -0.121. The van der Waals surface area contributed by atoms with Gasteiger partial charge >= 0.3 is 0 Å². The molecule has 6 nitrogen and oxygen atoms in total. The van der Waals surface area contributed by atoms with Crippen molar-refractivity contribution in [1.82, 2.24) is 20.0 Å². The predicted molar refractivity (Wildman–Crippen MR) is 109 cm³/mol. The highest BCUT2D eigenvalue weighted by Crippen LogP contribution is 2.32. The molecule has 0 bridgehead atoms. The second-order valence-corrected chi connectivity index (χ2v) is 9.05. The minimum absolute atomic E-state index is 0.147. The van der Waals surface area contributed by atoms with Crippen LogP contribution >= 0.6 is 0 Å². The molecule has 2 fully saturated rings. The summed E-state index contributed by atoms with van der Waals surface area (Å²) < 4.78 is 7.87. The largest absolute Gasteiger partial charge is 0.376 e. The maximum Gasteiger partial charge on any atom is 0.220 e. The molecule has 2 aliphatic heterocycles. The third kappa shape index (κ3) is 5.35. The minimum atomic E-state index is 0.147. The highest BCUT2D eigenvalue weighted by Gasteiger charge is 2.27. The van der Waals surface area contributed by atoms with Gasteiger partial charge < -0.3 is 15.0 Å². The van der Waals surface area contributed by atoms with Crippen LogP contribution in [0, 0.1) is 11.8 Å². The van der Waals surface area contributed by atoms with E-state index in [1.54, 1.807) is 0 Å². The Balaban J connectivity index is 1.19. The van der Waals surface area contributed by atoms with Crippen LogP contribution in [0.2, 0.25) is 0 Å². The lowest BCUT2D eigenvalue weighted by Crippen LogP contribution is -2.36. The molecule has 0 aromatic carbocycles. The molecular formula is C22H36N4O2. The first kappa shape index (κ1) is 19.9. The number of carbonyl (C=O) groups is 1. The quantitative estimate of drug-likeness (QED) is 0.661. The van der Waals surface area contributed by atoms with E-state index >= 15 is 0 Å². The average molecular weight is 389 g/mol. The molecule has 1 aromatic heterocycles. The van der Waals surface area contributed by atoms with Gasteiger partial charge in [-0.05, 0) is 57.0 Å². The summed E-state index contributed by atoms with van der Waals surface area (Å²) in [5, 5.41) is 7.96. The maximum atomic E-state index is 12.3. The van der Waals surface area contributed by atoms with Gasteiger partial charge in [0.05, 0.1) is 18.9 Å². The van der Waals surface area contributed by atoms with Crippen LogP contribution in [-0.2, 0) is 35.5 Å². The van der Waals surface area contributed by atoms with Crippen LogP contribution in [0.15, 0.2) is 0 Å². The van der Waals surface area contributed by atoms with E-state index in [0.717, 1.165) is 63.0 Å². The molecule has 1 aromatic rings. The molecule has 1 saturated carbocycles. The Kier molecular flexibility index (Phi) is 6.68. The number of ether oxygens (including phenoxy) is 1. The van der Waals surface area contributed by atoms with Crippen molar-refractivity contribution in [3.05, 3.63) is 17.0 Å². The number of hydrogen-bond donors (Lipinski definition) is 1. The zero-order chi connectivity index (χ0) is 19.3. The molecule has 4 rings (SSSR count). The van der Waals surface area contributed by atoms with Crippen molar-refractivity contribution < 1.29 is 9.53 Å². The number of piperidine rings is 1. The Hall–Kier alpha value is -1.40. The molecule has 28 heavy (non-hydrogen) atoms. The van der Waals surface area contributed by atoms with Crippen molar-refractivity contribution in [3.8, 4) is 0 Å². The Labute approximate surface area is 169 Å². The number of likely N-dealkylation sites (tertiary alicyclic amines) is 1. The first-order valence-electron chi connectivity index (χ1n) is 11.3. The lowest BCUT2D eigenvalue weighted by atomic mass is 10.0. The van der Waals surface area contributed by atoms with E-state index in [1.807, 2.05) is 0 Å². The Morgan fingerprint density at radius 1 is 1.32 bits per heavy atom. The molecule has 1 amide bonds.